The van der Waals surface area contributed by atoms with Crippen LogP contribution in [0.1, 0.15) is 53.2 Å². The van der Waals surface area contributed by atoms with Gasteiger partial charge in [-0.05, 0) is 38.2 Å². The fraction of sp³-hybridized carbons (Fsp3) is 0.474. The van der Waals surface area contributed by atoms with Crippen LogP contribution in [0.15, 0.2) is 34.9 Å². The van der Waals surface area contributed by atoms with E-state index < -0.39 is 0 Å². The molecule has 1 aromatic carbocycles. The molecule has 5 nitrogen and oxygen atoms in total. The van der Waals surface area contributed by atoms with Crippen molar-refractivity contribution in [2.45, 2.75) is 57.8 Å². The minimum atomic E-state index is -0.121. The van der Waals surface area contributed by atoms with Crippen molar-refractivity contribution in [1.29, 1.82) is 0 Å². The molecule has 0 radical (unpaired) electrons. The number of aryl methyl sites for hydroxylation is 1. The van der Waals surface area contributed by atoms with Gasteiger partial charge in [-0.25, -0.2) is 4.98 Å². The van der Waals surface area contributed by atoms with Gasteiger partial charge in [0.2, 0.25) is 5.89 Å². The molecule has 2 saturated carbocycles. The largest absolute Gasteiger partial charge is 0.447 e. The Morgan fingerprint density at radius 2 is 2.12 bits per heavy atom. The van der Waals surface area contributed by atoms with E-state index in [0.717, 1.165) is 19.4 Å². The molecule has 0 unspecified atom stereocenters. The minimum absolute atomic E-state index is 0.121. The Labute approximate surface area is 142 Å². The molecule has 0 atom stereocenters. The lowest BCUT2D eigenvalue weighted by atomic mass is 10.1. The number of carbonyl (C=O) groups excluding carboxylic acids is 1. The molecule has 2 aliphatic carbocycles. The number of rotatable bonds is 7. The molecule has 5 heteroatoms. The molecule has 2 aromatic rings. The first kappa shape index (κ1) is 15.4. The van der Waals surface area contributed by atoms with Crippen molar-refractivity contribution in [2.24, 2.45) is 0 Å². The predicted molar refractivity (Wildman–Crippen MR) is 90.4 cm³/mol. The van der Waals surface area contributed by atoms with Gasteiger partial charge in [-0.2, -0.15) is 0 Å². The summed E-state index contributed by atoms with van der Waals surface area (Å²) in [5, 5.41) is 2.94. The number of hydrogen-bond donors (Lipinski definition) is 1. The summed E-state index contributed by atoms with van der Waals surface area (Å²) in [6.45, 7) is 3.65. The van der Waals surface area contributed by atoms with E-state index in [9.17, 15) is 4.79 Å². The molecular weight excluding hydrogens is 302 g/mol. The zero-order chi connectivity index (χ0) is 16.5. The van der Waals surface area contributed by atoms with Crippen molar-refractivity contribution in [3.63, 3.8) is 0 Å². The summed E-state index contributed by atoms with van der Waals surface area (Å²) in [4.78, 5) is 18.8. The monoisotopic (exact) mass is 325 g/mol. The van der Waals surface area contributed by atoms with Crippen molar-refractivity contribution in [3.05, 3.63) is 53.2 Å². The van der Waals surface area contributed by atoms with Gasteiger partial charge in [0.15, 0.2) is 5.69 Å². The molecular formula is C19H23N3O2. The van der Waals surface area contributed by atoms with Crippen LogP contribution in [0.4, 0.5) is 0 Å². The molecule has 1 heterocycles. The molecule has 0 bridgehead atoms. The maximum atomic E-state index is 12.0. The Morgan fingerprint density at radius 1 is 1.29 bits per heavy atom. The van der Waals surface area contributed by atoms with Gasteiger partial charge in [-0.3, -0.25) is 9.69 Å². The number of oxazole rings is 1. The summed E-state index contributed by atoms with van der Waals surface area (Å²) in [6, 6.07) is 9.53. The Bertz CT molecular complexity index is 732. The van der Waals surface area contributed by atoms with E-state index in [1.165, 1.54) is 30.2 Å². The van der Waals surface area contributed by atoms with Crippen molar-refractivity contribution in [2.75, 3.05) is 0 Å². The zero-order valence-corrected chi connectivity index (χ0v) is 14.0. The molecule has 24 heavy (non-hydrogen) atoms. The number of hydrogen-bond acceptors (Lipinski definition) is 4. The first-order valence-electron chi connectivity index (χ1n) is 8.72. The highest BCUT2D eigenvalue weighted by Gasteiger charge is 2.30. The van der Waals surface area contributed by atoms with Crippen molar-refractivity contribution < 1.29 is 9.21 Å². The highest BCUT2D eigenvalue weighted by Crippen LogP contribution is 2.30. The van der Waals surface area contributed by atoms with Gasteiger partial charge < -0.3 is 9.73 Å². The Balaban J connectivity index is 1.41. The molecule has 1 N–H and O–H groups in total. The average Bonchev–Trinajstić information content (AvgIpc) is 3.47. The van der Waals surface area contributed by atoms with Crippen molar-refractivity contribution in [3.8, 4) is 0 Å². The lowest BCUT2D eigenvalue weighted by molar-refractivity contribution is 0.0946. The summed E-state index contributed by atoms with van der Waals surface area (Å²) in [7, 11) is 0. The number of amides is 1. The summed E-state index contributed by atoms with van der Waals surface area (Å²) < 4.78 is 5.54. The van der Waals surface area contributed by atoms with Gasteiger partial charge in [0.25, 0.3) is 5.91 Å². The molecule has 0 aliphatic heterocycles. The average molecular weight is 325 g/mol. The summed E-state index contributed by atoms with van der Waals surface area (Å²) in [5.74, 6) is 0.500. The lowest BCUT2D eigenvalue weighted by Crippen LogP contribution is -2.26. The van der Waals surface area contributed by atoms with E-state index in [0.29, 0.717) is 30.2 Å². The van der Waals surface area contributed by atoms with Gasteiger partial charge in [0.1, 0.15) is 6.26 Å². The summed E-state index contributed by atoms with van der Waals surface area (Å²) >= 11 is 0. The van der Waals surface area contributed by atoms with Crippen LogP contribution < -0.4 is 5.32 Å². The first-order chi connectivity index (χ1) is 11.7. The molecule has 1 aromatic heterocycles. The van der Waals surface area contributed by atoms with Crippen LogP contribution in [0.3, 0.4) is 0 Å². The molecule has 4 rings (SSSR count). The Hall–Kier alpha value is -2.14. The molecule has 1 amide bonds. The second-order valence-corrected chi connectivity index (χ2v) is 7.00. The Morgan fingerprint density at radius 3 is 2.83 bits per heavy atom. The SMILES string of the molecule is Cc1cccc(CN(Cc2nc(C(=O)NC3CC3)co2)C2CC2)c1. The standard InChI is InChI=1S/C19H23N3O2/c1-13-3-2-4-14(9-13)10-22(16-7-8-16)11-18-21-17(12-24-18)19(23)20-15-5-6-15/h2-4,9,12,15-16H,5-8,10-11H2,1H3,(H,20,23). The first-order valence-corrected chi connectivity index (χ1v) is 8.72. The third kappa shape index (κ3) is 3.85. The van der Waals surface area contributed by atoms with E-state index in [-0.39, 0.29) is 5.91 Å². The van der Waals surface area contributed by atoms with Gasteiger partial charge in [-0.1, -0.05) is 29.8 Å². The normalized spacial score (nSPS) is 17.2. The molecule has 0 saturated heterocycles. The van der Waals surface area contributed by atoms with Crippen LogP contribution in [0.2, 0.25) is 0 Å². The smallest absolute Gasteiger partial charge is 0.273 e. The number of nitrogens with zero attached hydrogens (tertiary/aromatic N) is 2. The quantitative estimate of drug-likeness (QED) is 0.850. The fourth-order valence-corrected chi connectivity index (χ4v) is 2.95. The fourth-order valence-electron chi connectivity index (χ4n) is 2.95. The number of nitrogens with one attached hydrogen (secondary N) is 1. The van der Waals surface area contributed by atoms with E-state index in [4.69, 9.17) is 4.42 Å². The second kappa shape index (κ2) is 6.40. The van der Waals surface area contributed by atoms with Crippen LogP contribution in [0, 0.1) is 6.92 Å². The highest BCUT2D eigenvalue weighted by atomic mass is 16.3. The maximum absolute atomic E-state index is 12.0. The third-order valence-corrected chi connectivity index (χ3v) is 4.57. The number of carbonyl (C=O) groups is 1. The van der Waals surface area contributed by atoms with Crippen LogP contribution in [-0.2, 0) is 13.1 Å². The van der Waals surface area contributed by atoms with Gasteiger partial charge in [0.05, 0.1) is 6.54 Å². The minimum Gasteiger partial charge on any atom is -0.447 e. The van der Waals surface area contributed by atoms with Crippen LogP contribution in [-0.4, -0.2) is 27.9 Å². The van der Waals surface area contributed by atoms with E-state index in [1.54, 1.807) is 0 Å². The second-order valence-electron chi connectivity index (χ2n) is 7.00. The lowest BCUT2D eigenvalue weighted by Gasteiger charge is -2.20. The van der Waals surface area contributed by atoms with E-state index >= 15 is 0 Å². The van der Waals surface area contributed by atoms with E-state index in [2.05, 4.69) is 46.4 Å². The number of aromatic nitrogens is 1. The van der Waals surface area contributed by atoms with Crippen molar-refractivity contribution >= 4 is 5.91 Å². The highest BCUT2D eigenvalue weighted by molar-refractivity contribution is 5.92. The van der Waals surface area contributed by atoms with Crippen molar-refractivity contribution in [1.82, 2.24) is 15.2 Å². The molecule has 126 valence electrons. The summed E-state index contributed by atoms with van der Waals surface area (Å²) in [6.07, 6.45) is 6.07. The molecule has 2 fully saturated rings. The topological polar surface area (TPSA) is 58.4 Å². The van der Waals surface area contributed by atoms with Crippen LogP contribution >= 0.6 is 0 Å². The molecule has 2 aliphatic rings. The maximum Gasteiger partial charge on any atom is 0.273 e. The van der Waals surface area contributed by atoms with Crippen LogP contribution in [0.25, 0.3) is 0 Å². The number of benzene rings is 1. The molecule has 0 spiro atoms. The van der Waals surface area contributed by atoms with Crippen LogP contribution in [0.5, 0.6) is 0 Å². The van der Waals surface area contributed by atoms with Gasteiger partial charge >= 0.3 is 0 Å². The van der Waals surface area contributed by atoms with Gasteiger partial charge in [-0.15, -0.1) is 0 Å². The zero-order valence-electron chi connectivity index (χ0n) is 14.0. The van der Waals surface area contributed by atoms with Gasteiger partial charge in [0, 0.05) is 18.6 Å². The van der Waals surface area contributed by atoms with E-state index in [1.807, 2.05) is 0 Å². The summed E-state index contributed by atoms with van der Waals surface area (Å²) in [5.41, 5.74) is 2.97. The Kier molecular flexibility index (Phi) is 4.10. The third-order valence-electron chi connectivity index (χ3n) is 4.57. The predicted octanol–water partition coefficient (Wildman–Crippen LogP) is 3.04.